The molecule has 0 unspecified atom stereocenters. The van der Waals surface area contributed by atoms with Crippen molar-refractivity contribution in [1.29, 1.82) is 0 Å². The topological polar surface area (TPSA) is 94.3 Å². The number of thiophene rings is 1. The molecule has 0 fully saturated rings. The molecule has 8 heteroatoms. The minimum atomic E-state index is -0.461. The average Bonchev–Trinajstić information content (AvgIpc) is 3.32. The van der Waals surface area contributed by atoms with Gasteiger partial charge in [0, 0.05) is 17.4 Å². The molecular formula is C18H17N3O4S. The number of carbonyl (C=O) groups is 2. The van der Waals surface area contributed by atoms with Crippen molar-refractivity contribution in [1.82, 2.24) is 15.5 Å². The Balaban J connectivity index is 1.56. The number of esters is 1. The summed E-state index contributed by atoms with van der Waals surface area (Å²) in [5, 5.41) is 12.5. The van der Waals surface area contributed by atoms with Crippen LogP contribution in [-0.2, 0) is 20.9 Å². The van der Waals surface area contributed by atoms with E-state index in [2.05, 4.69) is 15.5 Å². The number of benzene rings is 1. The second kappa shape index (κ2) is 8.39. The molecule has 0 bridgehead atoms. The van der Waals surface area contributed by atoms with Gasteiger partial charge in [0.1, 0.15) is 0 Å². The van der Waals surface area contributed by atoms with Crippen LogP contribution in [0.4, 0.5) is 0 Å². The molecule has 1 atom stereocenters. The van der Waals surface area contributed by atoms with Gasteiger partial charge in [0.2, 0.25) is 11.8 Å². The van der Waals surface area contributed by atoms with Crippen LogP contribution < -0.4 is 5.32 Å². The number of hydrogen-bond acceptors (Lipinski definition) is 7. The average molecular weight is 371 g/mol. The van der Waals surface area contributed by atoms with Crippen LogP contribution in [-0.4, -0.2) is 22.1 Å². The zero-order valence-electron chi connectivity index (χ0n) is 14.0. The summed E-state index contributed by atoms with van der Waals surface area (Å²) in [6.45, 7) is 1.30. The third-order valence-corrected chi connectivity index (χ3v) is 4.47. The minimum absolute atomic E-state index is 0.0276. The summed E-state index contributed by atoms with van der Waals surface area (Å²) in [4.78, 5) is 24.4. The largest absolute Gasteiger partial charge is 0.456 e. The zero-order chi connectivity index (χ0) is 18.4. The van der Waals surface area contributed by atoms with E-state index in [0.29, 0.717) is 5.89 Å². The van der Waals surface area contributed by atoms with Gasteiger partial charge in [-0.25, -0.2) is 0 Å². The lowest BCUT2D eigenvalue weighted by Crippen LogP contribution is -2.28. The van der Waals surface area contributed by atoms with Crippen LogP contribution in [0.5, 0.6) is 0 Å². The molecule has 0 spiro atoms. The van der Waals surface area contributed by atoms with Crippen molar-refractivity contribution in [3.05, 3.63) is 58.6 Å². The Hall–Kier alpha value is -3.00. The summed E-state index contributed by atoms with van der Waals surface area (Å²) < 4.78 is 10.7. The second-order valence-corrected chi connectivity index (χ2v) is 6.48. The number of nitrogens with zero attached hydrogens (tertiary/aromatic N) is 2. The van der Waals surface area contributed by atoms with Crippen LogP contribution in [0.15, 0.2) is 52.3 Å². The Morgan fingerprint density at radius 1 is 1.19 bits per heavy atom. The molecule has 134 valence electrons. The van der Waals surface area contributed by atoms with Crippen LogP contribution in [0.2, 0.25) is 0 Å². The predicted octanol–water partition coefficient (Wildman–Crippen LogP) is 3.11. The minimum Gasteiger partial charge on any atom is -0.456 e. The second-order valence-electron chi connectivity index (χ2n) is 5.50. The molecule has 26 heavy (non-hydrogen) atoms. The molecule has 1 aromatic carbocycles. The van der Waals surface area contributed by atoms with Crippen LogP contribution >= 0.6 is 11.3 Å². The highest BCUT2D eigenvalue weighted by atomic mass is 32.1. The van der Waals surface area contributed by atoms with Crippen molar-refractivity contribution in [3.8, 4) is 11.5 Å². The number of carbonyl (C=O) groups excluding carboxylic acids is 2. The Morgan fingerprint density at radius 3 is 2.69 bits per heavy atom. The first kappa shape index (κ1) is 17.8. The number of ether oxygens (including phenoxy) is 1. The maximum atomic E-state index is 12.1. The van der Waals surface area contributed by atoms with Crippen LogP contribution in [0.3, 0.4) is 0 Å². The Bertz CT molecular complexity index is 862. The normalized spacial score (nSPS) is 11.7. The van der Waals surface area contributed by atoms with E-state index >= 15 is 0 Å². The SMILES string of the molecule is CC(=O)N[C@@H](CC(=O)OCc1nnc(-c2ccccc2)o1)c1cccs1. The molecule has 3 aromatic rings. The summed E-state index contributed by atoms with van der Waals surface area (Å²) in [7, 11) is 0. The maximum Gasteiger partial charge on any atom is 0.308 e. The predicted molar refractivity (Wildman–Crippen MR) is 95.0 cm³/mol. The van der Waals surface area contributed by atoms with E-state index in [1.807, 2.05) is 47.8 Å². The van der Waals surface area contributed by atoms with Gasteiger partial charge >= 0.3 is 5.97 Å². The molecule has 2 heterocycles. The number of amides is 1. The molecule has 0 saturated heterocycles. The molecule has 0 radical (unpaired) electrons. The molecular weight excluding hydrogens is 354 g/mol. The van der Waals surface area contributed by atoms with E-state index in [9.17, 15) is 9.59 Å². The van der Waals surface area contributed by atoms with Gasteiger partial charge in [-0.3, -0.25) is 9.59 Å². The van der Waals surface area contributed by atoms with Gasteiger partial charge in [-0.1, -0.05) is 24.3 Å². The first-order valence-electron chi connectivity index (χ1n) is 7.96. The highest BCUT2D eigenvalue weighted by Gasteiger charge is 2.20. The molecule has 7 nitrogen and oxygen atoms in total. The Labute approximate surface area is 154 Å². The fourth-order valence-corrected chi connectivity index (χ4v) is 3.11. The molecule has 0 aliphatic carbocycles. The van der Waals surface area contributed by atoms with Gasteiger partial charge in [0.05, 0.1) is 12.5 Å². The van der Waals surface area contributed by atoms with E-state index in [1.165, 1.54) is 18.3 Å². The van der Waals surface area contributed by atoms with Gasteiger partial charge in [0.15, 0.2) is 6.61 Å². The summed E-state index contributed by atoms with van der Waals surface area (Å²) in [6.07, 6.45) is 0.0276. The third kappa shape index (κ3) is 4.76. The third-order valence-electron chi connectivity index (χ3n) is 3.48. The summed E-state index contributed by atoms with van der Waals surface area (Å²) in [6, 6.07) is 12.6. The van der Waals surface area contributed by atoms with E-state index in [-0.39, 0.29) is 24.8 Å². The fraction of sp³-hybridized carbons (Fsp3) is 0.222. The van der Waals surface area contributed by atoms with Gasteiger partial charge < -0.3 is 14.5 Å². The van der Waals surface area contributed by atoms with Crippen molar-refractivity contribution in [2.75, 3.05) is 0 Å². The van der Waals surface area contributed by atoms with Crippen molar-refractivity contribution < 1.29 is 18.7 Å². The van der Waals surface area contributed by atoms with Crippen LogP contribution in [0, 0.1) is 0 Å². The maximum absolute atomic E-state index is 12.1. The summed E-state index contributed by atoms with van der Waals surface area (Å²) in [5.41, 5.74) is 0.793. The number of rotatable bonds is 7. The molecule has 0 aliphatic heterocycles. The molecule has 1 N–H and O–H groups in total. The van der Waals surface area contributed by atoms with Crippen molar-refractivity contribution in [2.24, 2.45) is 0 Å². The fourth-order valence-electron chi connectivity index (χ4n) is 2.33. The molecule has 0 saturated carbocycles. The van der Waals surface area contributed by atoms with Crippen molar-refractivity contribution >= 4 is 23.2 Å². The van der Waals surface area contributed by atoms with Gasteiger partial charge in [-0.15, -0.1) is 21.5 Å². The Morgan fingerprint density at radius 2 is 2.00 bits per heavy atom. The van der Waals surface area contributed by atoms with E-state index in [1.54, 1.807) is 0 Å². The smallest absolute Gasteiger partial charge is 0.308 e. The van der Waals surface area contributed by atoms with Crippen molar-refractivity contribution in [2.45, 2.75) is 26.0 Å². The molecule has 3 rings (SSSR count). The van der Waals surface area contributed by atoms with Gasteiger partial charge in [-0.2, -0.15) is 0 Å². The monoisotopic (exact) mass is 371 g/mol. The lowest BCUT2D eigenvalue weighted by atomic mass is 10.1. The standard InChI is InChI=1S/C18H17N3O4S/c1-12(22)19-14(15-8-5-9-26-15)10-17(23)24-11-16-20-21-18(25-16)13-6-3-2-4-7-13/h2-9,14H,10-11H2,1H3,(H,19,22)/t14-/m0/s1. The molecule has 2 aromatic heterocycles. The van der Waals surface area contributed by atoms with E-state index < -0.39 is 12.0 Å². The zero-order valence-corrected chi connectivity index (χ0v) is 14.9. The first-order valence-corrected chi connectivity index (χ1v) is 8.83. The van der Waals surface area contributed by atoms with E-state index in [0.717, 1.165) is 10.4 Å². The summed E-state index contributed by atoms with van der Waals surface area (Å²) >= 11 is 1.47. The lowest BCUT2D eigenvalue weighted by Gasteiger charge is -2.15. The van der Waals surface area contributed by atoms with Crippen molar-refractivity contribution in [3.63, 3.8) is 0 Å². The molecule has 1 amide bonds. The Kier molecular flexibility index (Phi) is 5.75. The van der Waals surface area contributed by atoms with Crippen LogP contribution in [0.25, 0.3) is 11.5 Å². The number of aromatic nitrogens is 2. The van der Waals surface area contributed by atoms with Gasteiger partial charge in [-0.05, 0) is 23.6 Å². The van der Waals surface area contributed by atoms with E-state index in [4.69, 9.17) is 9.15 Å². The van der Waals surface area contributed by atoms with Crippen LogP contribution in [0.1, 0.15) is 30.2 Å². The van der Waals surface area contributed by atoms with Gasteiger partial charge in [0.25, 0.3) is 5.89 Å². The highest BCUT2D eigenvalue weighted by Crippen LogP contribution is 2.23. The molecule has 0 aliphatic rings. The number of nitrogens with one attached hydrogen (secondary N) is 1. The lowest BCUT2D eigenvalue weighted by molar-refractivity contribution is -0.146. The quantitative estimate of drug-likeness (QED) is 0.641. The summed E-state index contributed by atoms with van der Waals surface area (Å²) in [5.74, 6) is -0.0898. The first-order chi connectivity index (χ1) is 12.6. The number of hydrogen-bond donors (Lipinski definition) is 1. The highest BCUT2D eigenvalue weighted by molar-refractivity contribution is 7.10.